The molecule has 0 aliphatic heterocycles. The minimum absolute atomic E-state index is 0.0110. The number of rotatable bonds is 10. The Bertz CT molecular complexity index is 1210. The number of hydrogen-bond donors (Lipinski definition) is 4. The normalized spacial score (nSPS) is 11.6. The zero-order valence-electron chi connectivity index (χ0n) is 19.4. The molecule has 3 rings (SSSR count). The molecule has 0 saturated carbocycles. The fraction of sp³-hybridized carbons (Fsp3) is 0.250. The summed E-state index contributed by atoms with van der Waals surface area (Å²) in [7, 11) is 1.51. The Morgan fingerprint density at radius 3 is 2.46 bits per heavy atom. The summed E-state index contributed by atoms with van der Waals surface area (Å²) in [6.07, 6.45) is 0.582. The number of benzene rings is 2. The zero-order chi connectivity index (χ0) is 25.5. The first-order chi connectivity index (χ1) is 16.8. The number of aromatic nitrogens is 1. The van der Waals surface area contributed by atoms with Gasteiger partial charge < -0.3 is 26.6 Å². The highest BCUT2D eigenvalue weighted by molar-refractivity contribution is 7.09. The average Bonchev–Trinajstić information content (AvgIpc) is 3.24. The average molecular weight is 498 g/mol. The molecule has 1 aromatic heterocycles. The molecule has 0 aliphatic carbocycles. The number of carbonyl (C=O) groups is 3. The Morgan fingerprint density at radius 1 is 1.17 bits per heavy atom. The Morgan fingerprint density at radius 2 is 1.86 bits per heavy atom. The van der Waals surface area contributed by atoms with E-state index in [1.807, 2.05) is 19.1 Å². The van der Waals surface area contributed by atoms with Crippen molar-refractivity contribution in [3.63, 3.8) is 0 Å². The molecule has 1 atom stereocenters. The number of phenols is 1. The second-order valence-corrected chi connectivity index (χ2v) is 8.35. The van der Waals surface area contributed by atoms with Crippen molar-refractivity contribution in [3.8, 4) is 5.75 Å². The lowest BCUT2D eigenvalue weighted by Gasteiger charge is -2.32. The van der Waals surface area contributed by atoms with Gasteiger partial charge in [0, 0.05) is 19.3 Å². The van der Waals surface area contributed by atoms with Crippen LogP contribution in [0.3, 0.4) is 0 Å². The third-order valence-corrected chi connectivity index (χ3v) is 6.18. The lowest BCUT2D eigenvalue weighted by Crippen LogP contribution is -2.45. The number of nitrogens with zero attached hydrogens (tertiary/aromatic N) is 2. The first kappa shape index (κ1) is 25.7. The third-order valence-electron chi connectivity index (χ3n) is 5.33. The highest BCUT2D eigenvalue weighted by Gasteiger charge is 2.36. The number of carbonyl (C=O) groups excluding carboxylic acids is 3. The molecule has 0 saturated heterocycles. The monoisotopic (exact) mass is 497 g/mol. The third kappa shape index (κ3) is 5.58. The fourth-order valence-electron chi connectivity index (χ4n) is 3.60. The summed E-state index contributed by atoms with van der Waals surface area (Å²) in [5.74, 6) is -1.93. The SMILES string of the molecule is CCc1ccccc1N(C(=O)c1snc(C(N)=O)c1N)C(C(=O)NCCOC)c1ccc(O)cc1. The number of primary amides is 1. The van der Waals surface area contributed by atoms with Gasteiger partial charge in [-0.2, -0.15) is 4.37 Å². The van der Waals surface area contributed by atoms with Crippen LogP contribution < -0.4 is 21.7 Å². The van der Waals surface area contributed by atoms with E-state index in [1.54, 1.807) is 24.3 Å². The molecule has 2 aromatic carbocycles. The number of phenolic OH excluding ortho intramolecular Hbond substituents is 1. The van der Waals surface area contributed by atoms with Crippen LogP contribution in [0.5, 0.6) is 5.75 Å². The van der Waals surface area contributed by atoms with Crippen LogP contribution in [0.25, 0.3) is 0 Å². The molecule has 0 radical (unpaired) electrons. The summed E-state index contributed by atoms with van der Waals surface area (Å²) in [5, 5.41) is 12.6. The maximum absolute atomic E-state index is 14.0. The van der Waals surface area contributed by atoms with Crippen LogP contribution in [0, 0.1) is 0 Å². The van der Waals surface area contributed by atoms with Crippen LogP contribution in [-0.4, -0.2) is 47.5 Å². The first-order valence-corrected chi connectivity index (χ1v) is 11.6. The van der Waals surface area contributed by atoms with Gasteiger partial charge in [-0.25, -0.2) is 0 Å². The van der Waals surface area contributed by atoms with Crippen LogP contribution in [0.1, 0.15) is 44.3 Å². The fourth-order valence-corrected chi connectivity index (χ4v) is 4.34. The Labute approximate surface area is 206 Å². The number of aryl methyl sites for hydroxylation is 1. The molecule has 3 amide bonds. The van der Waals surface area contributed by atoms with E-state index in [4.69, 9.17) is 16.2 Å². The van der Waals surface area contributed by atoms with Crippen molar-refractivity contribution in [2.75, 3.05) is 30.9 Å². The maximum Gasteiger partial charge on any atom is 0.273 e. The van der Waals surface area contributed by atoms with Crippen molar-refractivity contribution in [2.45, 2.75) is 19.4 Å². The van der Waals surface area contributed by atoms with Crippen molar-refractivity contribution in [1.82, 2.24) is 9.69 Å². The van der Waals surface area contributed by atoms with E-state index in [-0.39, 0.29) is 35.2 Å². The lowest BCUT2D eigenvalue weighted by molar-refractivity contribution is -0.122. The Balaban J connectivity index is 2.22. The molecule has 6 N–H and O–H groups in total. The second-order valence-electron chi connectivity index (χ2n) is 7.57. The number of ether oxygens (including phenoxy) is 1. The predicted molar refractivity (Wildman–Crippen MR) is 133 cm³/mol. The summed E-state index contributed by atoms with van der Waals surface area (Å²) in [4.78, 5) is 40.5. The van der Waals surface area contributed by atoms with Gasteiger partial charge in [0.05, 0.1) is 12.3 Å². The lowest BCUT2D eigenvalue weighted by atomic mass is 10.00. The van der Waals surface area contributed by atoms with Crippen molar-refractivity contribution >= 4 is 40.6 Å². The Kier molecular flexibility index (Phi) is 8.39. The van der Waals surface area contributed by atoms with Crippen LogP contribution >= 0.6 is 11.5 Å². The molecule has 0 spiro atoms. The van der Waals surface area contributed by atoms with Gasteiger partial charge in [0.1, 0.15) is 16.7 Å². The van der Waals surface area contributed by atoms with Gasteiger partial charge in [-0.1, -0.05) is 37.3 Å². The van der Waals surface area contributed by atoms with E-state index in [0.29, 0.717) is 17.7 Å². The van der Waals surface area contributed by atoms with Gasteiger partial charge in [0.2, 0.25) is 5.91 Å². The van der Waals surface area contributed by atoms with E-state index in [2.05, 4.69) is 9.69 Å². The highest BCUT2D eigenvalue weighted by atomic mass is 32.1. The topological polar surface area (TPSA) is 161 Å². The number of amides is 3. The first-order valence-electron chi connectivity index (χ1n) is 10.8. The van der Waals surface area contributed by atoms with Gasteiger partial charge >= 0.3 is 0 Å². The van der Waals surface area contributed by atoms with Gasteiger partial charge in [0.15, 0.2) is 5.69 Å². The largest absolute Gasteiger partial charge is 0.508 e. The van der Waals surface area contributed by atoms with Crippen molar-refractivity contribution in [3.05, 3.63) is 70.2 Å². The molecular formula is C24H27N5O5S. The molecular weight excluding hydrogens is 470 g/mol. The summed E-state index contributed by atoms with van der Waals surface area (Å²) in [5.41, 5.74) is 12.8. The van der Waals surface area contributed by atoms with Gasteiger partial charge in [0.25, 0.3) is 11.8 Å². The quantitative estimate of drug-likeness (QED) is 0.312. The molecule has 3 aromatic rings. The molecule has 10 nitrogen and oxygen atoms in total. The number of nitrogens with two attached hydrogens (primary N) is 2. The summed E-state index contributed by atoms with van der Waals surface area (Å²) >= 11 is 0.739. The molecule has 35 heavy (non-hydrogen) atoms. The van der Waals surface area contributed by atoms with Crippen LogP contribution in [0.4, 0.5) is 11.4 Å². The molecule has 0 aliphatic rings. The number of anilines is 2. The smallest absolute Gasteiger partial charge is 0.273 e. The van der Waals surface area contributed by atoms with E-state index in [0.717, 1.165) is 17.1 Å². The van der Waals surface area contributed by atoms with Crippen molar-refractivity contribution < 1.29 is 24.2 Å². The molecule has 0 bridgehead atoms. The van der Waals surface area contributed by atoms with E-state index >= 15 is 0 Å². The number of para-hydroxylation sites is 1. The summed E-state index contributed by atoms with van der Waals surface area (Å²) in [6, 6.07) is 12.1. The number of hydrogen-bond acceptors (Lipinski definition) is 8. The van der Waals surface area contributed by atoms with Gasteiger partial charge in [-0.3, -0.25) is 19.3 Å². The minimum Gasteiger partial charge on any atom is -0.508 e. The van der Waals surface area contributed by atoms with Crippen LogP contribution in [0.2, 0.25) is 0 Å². The molecule has 184 valence electrons. The predicted octanol–water partition coefficient (Wildman–Crippen LogP) is 2.24. The van der Waals surface area contributed by atoms with Gasteiger partial charge in [-0.15, -0.1) is 0 Å². The van der Waals surface area contributed by atoms with Crippen molar-refractivity contribution in [1.29, 1.82) is 0 Å². The van der Waals surface area contributed by atoms with Crippen molar-refractivity contribution in [2.24, 2.45) is 5.73 Å². The second kappa shape index (κ2) is 11.4. The van der Waals surface area contributed by atoms with Gasteiger partial charge in [-0.05, 0) is 47.3 Å². The van der Waals surface area contributed by atoms with E-state index in [1.165, 1.54) is 24.1 Å². The standard InChI is InChI=1S/C24H27N5O5S/c1-3-14-6-4-5-7-17(14)29(24(33)21-18(25)19(22(26)31)28-35-21)20(23(32)27-12-13-34-2)15-8-10-16(30)11-9-15/h4-11,20,30H,3,12-13,25H2,1-2H3,(H2,26,31)(H,27,32). The number of nitrogen functional groups attached to an aromatic ring is 1. The number of nitrogens with one attached hydrogen (secondary N) is 1. The molecule has 11 heteroatoms. The highest BCUT2D eigenvalue weighted by Crippen LogP contribution is 2.35. The minimum atomic E-state index is -1.13. The summed E-state index contributed by atoms with van der Waals surface area (Å²) < 4.78 is 8.99. The van der Waals surface area contributed by atoms with Crippen LogP contribution in [-0.2, 0) is 16.0 Å². The Hall–Kier alpha value is -3.96. The van der Waals surface area contributed by atoms with E-state index < -0.39 is 23.8 Å². The molecule has 0 fully saturated rings. The summed E-state index contributed by atoms with van der Waals surface area (Å²) in [6.45, 7) is 2.43. The van der Waals surface area contributed by atoms with Crippen LogP contribution in [0.15, 0.2) is 48.5 Å². The maximum atomic E-state index is 14.0. The number of aromatic hydroxyl groups is 1. The molecule has 1 heterocycles. The molecule has 1 unspecified atom stereocenters. The van der Waals surface area contributed by atoms with E-state index in [9.17, 15) is 19.5 Å². The zero-order valence-corrected chi connectivity index (χ0v) is 20.2. The number of methoxy groups -OCH3 is 1.